The lowest BCUT2D eigenvalue weighted by Gasteiger charge is -2.52. The smallest absolute Gasteiger partial charge is 0.223 e. The van der Waals surface area contributed by atoms with Crippen molar-refractivity contribution in [2.24, 2.45) is 17.8 Å². The van der Waals surface area contributed by atoms with Crippen molar-refractivity contribution in [1.82, 2.24) is 5.32 Å². The van der Waals surface area contributed by atoms with Crippen molar-refractivity contribution >= 4 is 5.91 Å². The lowest BCUT2D eigenvalue weighted by molar-refractivity contribution is -0.155. The highest BCUT2D eigenvalue weighted by molar-refractivity contribution is 5.79. The van der Waals surface area contributed by atoms with Crippen LogP contribution in [0.5, 0.6) is 0 Å². The number of hydrogen-bond donors (Lipinski definition) is 1. The van der Waals surface area contributed by atoms with Gasteiger partial charge in [-0.15, -0.1) is 0 Å². The number of hydrogen-bond acceptors (Lipinski definition) is 2. The predicted molar refractivity (Wildman–Crippen MR) is 129 cm³/mol. The van der Waals surface area contributed by atoms with E-state index in [0.717, 1.165) is 56.1 Å². The second-order valence-electron chi connectivity index (χ2n) is 10.9. The zero-order valence-corrected chi connectivity index (χ0v) is 19.9. The van der Waals surface area contributed by atoms with E-state index in [1.54, 1.807) is 6.07 Å². The summed E-state index contributed by atoms with van der Waals surface area (Å²) in [5.74, 6) is 1.14. The lowest BCUT2D eigenvalue weighted by Crippen LogP contribution is -2.61. The van der Waals surface area contributed by atoms with E-state index < -0.39 is 0 Å². The number of carbonyl (C=O) groups excluding carboxylic acids is 1. The largest absolute Gasteiger partial charge is 0.370 e. The molecule has 5 rings (SSSR count). The van der Waals surface area contributed by atoms with Gasteiger partial charge in [-0.25, -0.2) is 4.39 Å². The third kappa shape index (κ3) is 4.59. The number of amides is 1. The molecule has 3 fully saturated rings. The Morgan fingerprint density at radius 2 is 1.85 bits per heavy atom. The van der Waals surface area contributed by atoms with E-state index >= 15 is 0 Å². The van der Waals surface area contributed by atoms with E-state index in [9.17, 15) is 9.18 Å². The fourth-order valence-electron chi connectivity index (χ4n) is 6.52. The van der Waals surface area contributed by atoms with Crippen molar-refractivity contribution in [3.8, 4) is 11.1 Å². The molecule has 0 unspecified atom stereocenters. The maximum Gasteiger partial charge on any atom is 0.223 e. The second-order valence-corrected chi connectivity index (χ2v) is 10.9. The van der Waals surface area contributed by atoms with Crippen LogP contribution in [0.2, 0.25) is 0 Å². The Kier molecular flexibility index (Phi) is 6.30. The summed E-state index contributed by atoms with van der Waals surface area (Å²) in [6, 6.07) is 15.0. The second kappa shape index (κ2) is 9.21. The predicted octanol–water partition coefficient (Wildman–Crippen LogP) is 6.82. The van der Waals surface area contributed by atoms with Gasteiger partial charge in [-0.05, 0) is 61.8 Å². The Hall–Kier alpha value is -2.20. The summed E-state index contributed by atoms with van der Waals surface area (Å²) in [4.78, 5) is 13.2. The monoisotopic (exact) mass is 449 g/mol. The Morgan fingerprint density at radius 3 is 2.64 bits per heavy atom. The van der Waals surface area contributed by atoms with E-state index in [1.165, 1.54) is 12.5 Å². The van der Waals surface area contributed by atoms with Crippen molar-refractivity contribution in [2.75, 3.05) is 0 Å². The van der Waals surface area contributed by atoms with Crippen LogP contribution in [-0.2, 0) is 9.53 Å². The van der Waals surface area contributed by atoms with Crippen LogP contribution < -0.4 is 5.32 Å². The standard InChI is InChI=1S/C29H36FNO2/c1-19-14-15-24-26(16-19)33-27(18-29(24,2)31-28(32)20-8-3-4-9-20)22-11-7-10-21(17-22)23-12-5-6-13-25(23)30/h5-7,10-13,17,19-20,24,26-27H,3-4,8-9,14-16,18H2,1-2H3,(H,31,32)/t19-,24-,26-,27-,29-/m0/s1. The van der Waals surface area contributed by atoms with Gasteiger partial charge in [0.2, 0.25) is 5.91 Å². The quantitative estimate of drug-likeness (QED) is 0.556. The summed E-state index contributed by atoms with van der Waals surface area (Å²) in [6.45, 7) is 4.54. The summed E-state index contributed by atoms with van der Waals surface area (Å²) < 4.78 is 21.2. The third-order valence-electron chi connectivity index (χ3n) is 8.40. The summed E-state index contributed by atoms with van der Waals surface area (Å²) in [6.07, 6.45) is 8.43. The molecule has 5 atom stereocenters. The van der Waals surface area contributed by atoms with Gasteiger partial charge in [0.05, 0.1) is 12.2 Å². The summed E-state index contributed by atoms with van der Waals surface area (Å²) in [5.41, 5.74) is 2.25. The lowest BCUT2D eigenvalue weighted by atomic mass is 9.66. The molecule has 0 radical (unpaired) electrons. The average Bonchev–Trinajstić information content (AvgIpc) is 3.34. The van der Waals surface area contributed by atoms with Crippen LogP contribution in [0.15, 0.2) is 48.5 Å². The van der Waals surface area contributed by atoms with Gasteiger partial charge in [0.25, 0.3) is 0 Å². The molecule has 33 heavy (non-hydrogen) atoms. The molecule has 1 N–H and O–H groups in total. The normalized spacial score (nSPS) is 32.3. The van der Waals surface area contributed by atoms with Gasteiger partial charge < -0.3 is 10.1 Å². The Morgan fingerprint density at radius 1 is 1.06 bits per heavy atom. The number of benzene rings is 2. The number of ether oxygens (including phenoxy) is 1. The van der Waals surface area contributed by atoms with Gasteiger partial charge in [-0.3, -0.25) is 4.79 Å². The van der Waals surface area contributed by atoms with E-state index in [1.807, 2.05) is 24.3 Å². The molecule has 3 nitrogen and oxygen atoms in total. The topological polar surface area (TPSA) is 38.3 Å². The minimum absolute atomic E-state index is 0.114. The molecule has 176 valence electrons. The van der Waals surface area contributed by atoms with Crippen molar-refractivity contribution in [3.05, 3.63) is 59.9 Å². The Bertz CT molecular complexity index is 1000. The minimum atomic E-state index is -0.290. The van der Waals surface area contributed by atoms with Gasteiger partial charge in [-0.2, -0.15) is 0 Å². The maximum atomic E-state index is 14.4. The molecule has 2 aliphatic carbocycles. The average molecular weight is 450 g/mol. The molecule has 0 aromatic heterocycles. The SMILES string of the molecule is C[C@H]1CC[C@H]2[C@H](C1)O[C@H](c1cccc(-c3ccccc3F)c1)C[C@]2(C)NC(=O)C1CCCC1. The Labute approximate surface area is 197 Å². The van der Waals surface area contributed by atoms with Gasteiger partial charge in [0, 0.05) is 29.4 Å². The molecule has 1 saturated heterocycles. The molecular weight excluding hydrogens is 413 g/mol. The number of fused-ring (bicyclic) bond motifs is 1. The zero-order chi connectivity index (χ0) is 23.0. The number of carbonyl (C=O) groups is 1. The van der Waals surface area contributed by atoms with Crippen molar-refractivity contribution in [2.45, 2.75) is 83.0 Å². The molecule has 1 amide bonds. The van der Waals surface area contributed by atoms with E-state index in [2.05, 4.69) is 31.3 Å². The molecule has 1 aliphatic heterocycles. The fourth-order valence-corrected chi connectivity index (χ4v) is 6.52. The van der Waals surface area contributed by atoms with Crippen molar-refractivity contribution in [3.63, 3.8) is 0 Å². The number of rotatable bonds is 4. The van der Waals surface area contributed by atoms with Crippen LogP contribution in [0.25, 0.3) is 11.1 Å². The van der Waals surface area contributed by atoms with Crippen LogP contribution >= 0.6 is 0 Å². The van der Waals surface area contributed by atoms with Crippen LogP contribution in [-0.4, -0.2) is 17.6 Å². The maximum absolute atomic E-state index is 14.4. The molecule has 0 spiro atoms. The van der Waals surface area contributed by atoms with Crippen LogP contribution in [0, 0.1) is 23.6 Å². The zero-order valence-electron chi connectivity index (χ0n) is 19.9. The van der Waals surface area contributed by atoms with E-state index in [-0.39, 0.29) is 35.4 Å². The minimum Gasteiger partial charge on any atom is -0.370 e. The van der Waals surface area contributed by atoms with Gasteiger partial charge in [-0.1, -0.05) is 62.6 Å². The first-order valence-corrected chi connectivity index (χ1v) is 12.8. The Balaban J connectivity index is 1.44. The van der Waals surface area contributed by atoms with E-state index in [0.29, 0.717) is 17.4 Å². The molecule has 1 heterocycles. The highest BCUT2D eigenvalue weighted by Gasteiger charge is 2.50. The first kappa shape index (κ1) is 22.6. The molecular formula is C29H36FNO2. The number of halogens is 1. The first-order valence-electron chi connectivity index (χ1n) is 12.8. The summed E-state index contributed by atoms with van der Waals surface area (Å²) >= 11 is 0. The van der Waals surface area contributed by atoms with Gasteiger partial charge >= 0.3 is 0 Å². The highest BCUT2D eigenvalue weighted by atomic mass is 19.1. The van der Waals surface area contributed by atoms with Crippen LogP contribution in [0.4, 0.5) is 4.39 Å². The third-order valence-corrected chi connectivity index (χ3v) is 8.40. The number of nitrogens with one attached hydrogen (secondary N) is 1. The fraction of sp³-hybridized carbons (Fsp3) is 0.552. The molecule has 0 bridgehead atoms. The molecule has 4 heteroatoms. The van der Waals surface area contributed by atoms with Gasteiger partial charge in [0.15, 0.2) is 0 Å². The van der Waals surface area contributed by atoms with Crippen molar-refractivity contribution < 1.29 is 13.9 Å². The summed E-state index contributed by atoms with van der Waals surface area (Å²) in [7, 11) is 0. The summed E-state index contributed by atoms with van der Waals surface area (Å²) in [5, 5.41) is 3.53. The van der Waals surface area contributed by atoms with Gasteiger partial charge in [0.1, 0.15) is 5.82 Å². The first-order chi connectivity index (χ1) is 15.9. The molecule has 2 aromatic rings. The van der Waals surface area contributed by atoms with Crippen LogP contribution in [0.3, 0.4) is 0 Å². The van der Waals surface area contributed by atoms with Crippen LogP contribution in [0.1, 0.15) is 76.9 Å². The highest BCUT2D eigenvalue weighted by Crippen LogP contribution is 2.48. The molecule has 2 saturated carbocycles. The van der Waals surface area contributed by atoms with Crippen molar-refractivity contribution in [1.29, 1.82) is 0 Å². The molecule has 3 aliphatic rings. The molecule has 2 aromatic carbocycles. The van der Waals surface area contributed by atoms with E-state index in [4.69, 9.17) is 4.74 Å².